The highest BCUT2D eigenvalue weighted by Gasteiger charge is 2.22. The van der Waals surface area contributed by atoms with E-state index in [1.807, 2.05) is 18.3 Å². The van der Waals surface area contributed by atoms with Crippen LogP contribution in [0.15, 0.2) is 67.6 Å². The summed E-state index contributed by atoms with van der Waals surface area (Å²) in [7, 11) is 0. The van der Waals surface area contributed by atoms with Crippen molar-refractivity contribution in [3.63, 3.8) is 0 Å². The quantitative estimate of drug-likeness (QED) is 0.543. The van der Waals surface area contributed by atoms with Gasteiger partial charge in [0.1, 0.15) is 6.33 Å². The Morgan fingerprint density at radius 2 is 2.00 bits per heavy atom. The van der Waals surface area contributed by atoms with E-state index in [0.29, 0.717) is 0 Å². The lowest BCUT2D eigenvalue weighted by Crippen LogP contribution is -2.28. The molecule has 0 saturated carbocycles. The first kappa shape index (κ1) is 17.2. The summed E-state index contributed by atoms with van der Waals surface area (Å²) in [6.45, 7) is 5.59. The van der Waals surface area contributed by atoms with Crippen molar-refractivity contribution in [2.24, 2.45) is 0 Å². The molecular formula is C23H19ClN4. The van der Waals surface area contributed by atoms with Crippen LogP contribution < -0.4 is 5.32 Å². The highest BCUT2D eigenvalue weighted by molar-refractivity contribution is 6.32. The third-order valence-electron chi connectivity index (χ3n) is 5.44. The molecule has 5 heteroatoms. The van der Waals surface area contributed by atoms with Crippen LogP contribution >= 0.6 is 11.6 Å². The first-order chi connectivity index (χ1) is 13.7. The normalized spacial score (nSPS) is 16.1. The van der Waals surface area contributed by atoms with Gasteiger partial charge in [-0.25, -0.2) is 9.50 Å². The zero-order valence-corrected chi connectivity index (χ0v) is 16.0. The van der Waals surface area contributed by atoms with Crippen molar-refractivity contribution in [3.8, 4) is 11.1 Å². The number of aromatic nitrogens is 3. The van der Waals surface area contributed by atoms with E-state index in [9.17, 15) is 0 Å². The van der Waals surface area contributed by atoms with Crippen LogP contribution in [-0.2, 0) is 6.54 Å². The minimum absolute atomic E-state index is 0.284. The van der Waals surface area contributed by atoms with Crippen molar-refractivity contribution in [1.82, 2.24) is 19.9 Å². The van der Waals surface area contributed by atoms with Crippen molar-refractivity contribution in [1.29, 1.82) is 0 Å². The molecule has 1 atom stereocenters. The Labute approximate surface area is 168 Å². The molecule has 1 N–H and O–H groups in total. The molecule has 3 heterocycles. The summed E-state index contributed by atoms with van der Waals surface area (Å²) in [4.78, 5) is 4.21. The summed E-state index contributed by atoms with van der Waals surface area (Å²) in [5, 5.41) is 8.54. The van der Waals surface area contributed by atoms with Gasteiger partial charge in [-0.1, -0.05) is 48.5 Å². The lowest BCUT2D eigenvalue weighted by atomic mass is 9.84. The second kappa shape index (κ2) is 6.89. The molecule has 0 aliphatic carbocycles. The van der Waals surface area contributed by atoms with E-state index < -0.39 is 0 Å². The molecule has 4 nitrogen and oxygen atoms in total. The first-order valence-corrected chi connectivity index (χ1v) is 9.66. The van der Waals surface area contributed by atoms with Gasteiger partial charge in [-0.15, -0.1) is 0 Å². The number of nitrogens with zero attached hydrogens (tertiary/aromatic N) is 3. The maximum Gasteiger partial charge on any atom is 0.155 e. The molecule has 0 spiro atoms. The number of hydrogen-bond donors (Lipinski definition) is 1. The summed E-state index contributed by atoms with van der Waals surface area (Å²) >= 11 is 6.41. The number of benzene rings is 2. The first-order valence-electron chi connectivity index (χ1n) is 9.28. The van der Waals surface area contributed by atoms with Crippen LogP contribution in [0, 0.1) is 0 Å². The van der Waals surface area contributed by atoms with Crippen LogP contribution in [0.25, 0.3) is 22.9 Å². The topological polar surface area (TPSA) is 42.2 Å². The number of rotatable bonds is 3. The van der Waals surface area contributed by atoms with E-state index in [2.05, 4.69) is 58.4 Å². The second-order valence-corrected chi connectivity index (χ2v) is 7.47. The minimum Gasteiger partial charge on any atom is -0.312 e. The van der Waals surface area contributed by atoms with Crippen LogP contribution in [0.3, 0.4) is 0 Å². The Morgan fingerprint density at radius 1 is 1.11 bits per heavy atom. The van der Waals surface area contributed by atoms with Gasteiger partial charge in [-0.2, -0.15) is 5.10 Å². The van der Waals surface area contributed by atoms with Gasteiger partial charge in [-0.05, 0) is 52.1 Å². The maximum atomic E-state index is 6.41. The van der Waals surface area contributed by atoms with E-state index >= 15 is 0 Å². The van der Waals surface area contributed by atoms with Crippen molar-refractivity contribution < 1.29 is 0 Å². The van der Waals surface area contributed by atoms with Crippen LogP contribution in [0.4, 0.5) is 0 Å². The molecule has 1 unspecified atom stereocenters. The van der Waals surface area contributed by atoms with E-state index in [-0.39, 0.29) is 5.92 Å². The fourth-order valence-electron chi connectivity index (χ4n) is 3.95. The second-order valence-electron chi connectivity index (χ2n) is 7.06. The molecule has 4 aromatic rings. The summed E-state index contributed by atoms with van der Waals surface area (Å²) in [6, 6.07) is 17.0. The molecule has 28 heavy (non-hydrogen) atoms. The van der Waals surface area contributed by atoms with Gasteiger partial charge in [0.15, 0.2) is 5.65 Å². The Hall–Kier alpha value is -2.95. The van der Waals surface area contributed by atoms with Crippen LogP contribution in [0.5, 0.6) is 0 Å². The summed E-state index contributed by atoms with van der Waals surface area (Å²) < 4.78 is 1.80. The SMILES string of the molecule is C=Cc1ccc(C2CNCc3cc(-c4ccc5ncnn5c4)ccc32)cc1Cl. The number of halogens is 1. The molecule has 0 saturated heterocycles. The molecule has 0 fully saturated rings. The van der Waals surface area contributed by atoms with Gasteiger partial charge in [0, 0.05) is 35.8 Å². The minimum atomic E-state index is 0.284. The predicted molar refractivity (Wildman–Crippen MR) is 114 cm³/mol. The number of nitrogens with one attached hydrogen (secondary N) is 1. The smallest absolute Gasteiger partial charge is 0.155 e. The van der Waals surface area contributed by atoms with Crippen LogP contribution in [0.2, 0.25) is 5.02 Å². The zero-order valence-electron chi connectivity index (χ0n) is 15.3. The summed E-state index contributed by atoms with van der Waals surface area (Å²) in [5.41, 5.74) is 8.01. The maximum absolute atomic E-state index is 6.41. The standard InChI is InChI=1S/C23H19ClN4/c1-2-15-3-4-17(10-22(15)24)21-12-25-11-19-9-16(5-7-20(19)21)18-6-8-23-26-14-27-28(23)13-18/h2-10,13-14,21,25H,1,11-12H2. The molecule has 2 aromatic heterocycles. The number of hydrogen-bond acceptors (Lipinski definition) is 3. The van der Waals surface area contributed by atoms with Gasteiger partial charge in [0.2, 0.25) is 0 Å². The molecule has 0 bridgehead atoms. The fourth-order valence-corrected chi connectivity index (χ4v) is 4.22. The van der Waals surface area contributed by atoms with E-state index in [0.717, 1.165) is 34.9 Å². The molecule has 0 amide bonds. The Kier molecular flexibility index (Phi) is 4.23. The lowest BCUT2D eigenvalue weighted by Gasteiger charge is -2.28. The van der Waals surface area contributed by atoms with Gasteiger partial charge < -0.3 is 5.32 Å². The van der Waals surface area contributed by atoms with Crippen molar-refractivity contribution in [3.05, 3.63) is 94.9 Å². The highest BCUT2D eigenvalue weighted by Crippen LogP contribution is 2.34. The third kappa shape index (κ3) is 2.91. The molecule has 5 rings (SSSR count). The van der Waals surface area contributed by atoms with E-state index in [1.54, 1.807) is 16.9 Å². The van der Waals surface area contributed by atoms with Gasteiger partial charge in [0.25, 0.3) is 0 Å². The average Bonchev–Trinajstić information content (AvgIpc) is 3.20. The van der Waals surface area contributed by atoms with Crippen molar-refractivity contribution >= 4 is 23.3 Å². The van der Waals surface area contributed by atoms with E-state index in [1.165, 1.54) is 22.3 Å². The Balaban J connectivity index is 1.54. The molecule has 2 aromatic carbocycles. The highest BCUT2D eigenvalue weighted by atomic mass is 35.5. The fraction of sp³-hybridized carbons (Fsp3) is 0.130. The van der Waals surface area contributed by atoms with Crippen molar-refractivity contribution in [2.45, 2.75) is 12.5 Å². The average molecular weight is 387 g/mol. The molecule has 138 valence electrons. The van der Waals surface area contributed by atoms with Gasteiger partial charge >= 0.3 is 0 Å². The number of pyridine rings is 1. The molecular weight excluding hydrogens is 368 g/mol. The van der Waals surface area contributed by atoms with Crippen LogP contribution in [-0.4, -0.2) is 21.1 Å². The predicted octanol–water partition coefficient (Wildman–Crippen LogP) is 4.93. The molecule has 0 radical (unpaired) electrons. The monoisotopic (exact) mass is 386 g/mol. The largest absolute Gasteiger partial charge is 0.312 e. The summed E-state index contributed by atoms with van der Waals surface area (Å²) in [5.74, 6) is 0.284. The zero-order chi connectivity index (χ0) is 19.1. The lowest BCUT2D eigenvalue weighted by molar-refractivity contribution is 0.591. The van der Waals surface area contributed by atoms with Crippen LogP contribution in [0.1, 0.15) is 28.2 Å². The molecule has 1 aliphatic rings. The van der Waals surface area contributed by atoms with Gasteiger partial charge in [-0.3, -0.25) is 0 Å². The number of fused-ring (bicyclic) bond motifs is 2. The molecule has 1 aliphatic heterocycles. The van der Waals surface area contributed by atoms with Crippen molar-refractivity contribution in [2.75, 3.05) is 6.54 Å². The van der Waals surface area contributed by atoms with Gasteiger partial charge in [0.05, 0.1) is 0 Å². The Bertz CT molecular complexity index is 1190. The Morgan fingerprint density at radius 3 is 2.86 bits per heavy atom. The summed E-state index contributed by atoms with van der Waals surface area (Å²) in [6.07, 6.45) is 5.38. The third-order valence-corrected chi connectivity index (χ3v) is 5.76. The van der Waals surface area contributed by atoms with E-state index in [4.69, 9.17) is 11.6 Å².